The first-order chi connectivity index (χ1) is 13.4. The van der Waals surface area contributed by atoms with Crippen molar-refractivity contribution in [1.82, 2.24) is 4.90 Å². The quantitative estimate of drug-likeness (QED) is 0.736. The maximum Gasteiger partial charge on any atom is 0.172 e. The molecule has 0 saturated heterocycles. The molecule has 0 radical (unpaired) electrons. The van der Waals surface area contributed by atoms with E-state index < -0.39 is 5.92 Å². The first-order valence-corrected chi connectivity index (χ1v) is 10.6. The van der Waals surface area contributed by atoms with Crippen molar-refractivity contribution in [1.29, 1.82) is 0 Å². The number of nitrogens with zero attached hydrogens (tertiary/aromatic N) is 1. The molecule has 1 aromatic rings. The van der Waals surface area contributed by atoms with Gasteiger partial charge in [0.05, 0.1) is 11.1 Å². The van der Waals surface area contributed by atoms with Crippen LogP contribution >= 0.6 is 15.9 Å². The number of hydrogen-bond acceptors (Lipinski definition) is 5. The van der Waals surface area contributed by atoms with Crippen molar-refractivity contribution < 1.29 is 19.4 Å². The minimum Gasteiger partial charge on any atom is -0.503 e. The van der Waals surface area contributed by atoms with Crippen LogP contribution in [0.3, 0.4) is 0 Å². The Hall–Kier alpha value is -2.08. The van der Waals surface area contributed by atoms with Crippen LogP contribution in [0.4, 0.5) is 0 Å². The molecule has 0 unspecified atom stereocenters. The summed E-state index contributed by atoms with van der Waals surface area (Å²) < 4.78 is 6.11. The zero-order chi connectivity index (χ0) is 20.0. The number of phenols is 1. The van der Waals surface area contributed by atoms with Crippen LogP contribution in [-0.2, 0) is 9.59 Å². The molecule has 0 bridgehead atoms. The van der Waals surface area contributed by atoms with E-state index in [-0.39, 0.29) is 17.3 Å². The average molecular weight is 446 g/mol. The standard InChI is InChI=1S/C22H24BrNO4/c1-3-28-18-11-12(10-13(23)22(18)27)19-20-14(6-4-8-16(20)25)24(2)15-7-5-9-17(26)21(15)19/h10-11,19,27H,3-9H2,1-2H3. The molecule has 5 nitrogen and oxygen atoms in total. The highest BCUT2D eigenvalue weighted by Crippen LogP contribution is 2.50. The molecule has 0 saturated carbocycles. The summed E-state index contributed by atoms with van der Waals surface area (Å²) in [5.41, 5.74) is 4.37. The highest BCUT2D eigenvalue weighted by Gasteiger charge is 2.42. The maximum absolute atomic E-state index is 13.0. The van der Waals surface area contributed by atoms with Crippen LogP contribution < -0.4 is 4.74 Å². The summed E-state index contributed by atoms with van der Waals surface area (Å²) in [5, 5.41) is 10.3. The third-order valence-corrected chi connectivity index (χ3v) is 6.53. The lowest BCUT2D eigenvalue weighted by Gasteiger charge is -2.42. The van der Waals surface area contributed by atoms with Gasteiger partial charge in [0.15, 0.2) is 23.1 Å². The third-order valence-electron chi connectivity index (χ3n) is 5.93. The summed E-state index contributed by atoms with van der Waals surface area (Å²) in [7, 11) is 1.98. The van der Waals surface area contributed by atoms with Crippen molar-refractivity contribution in [3.8, 4) is 11.5 Å². The molecule has 1 N–H and O–H groups in total. The zero-order valence-electron chi connectivity index (χ0n) is 16.2. The fourth-order valence-electron chi connectivity index (χ4n) is 4.71. The molecule has 6 heteroatoms. The molecule has 1 heterocycles. The molecule has 3 aliphatic rings. The van der Waals surface area contributed by atoms with E-state index in [1.807, 2.05) is 20.0 Å². The Bertz CT molecular complexity index is 887. The third kappa shape index (κ3) is 2.98. The number of carbonyl (C=O) groups excluding carboxylic acids is 2. The van der Waals surface area contributed by atoms with Crippen molar-refractivity contribution in [3.05, 3.63) is 44.7 Å². The number of Topliss-reactive ketones (excluding diaryl/α,β-unsaturated/α-hetero) is 2. The van der Waals surface area contributed by atoms with Gasteiger partial charge < -0.3 is 14.7 Å². The second-order valence-corrected chi connectivity index (χ2v) is 8.40. The second kappa shape index (κ2) is 7.39. The van der Waals surface area contributed by atoms with E-state index in [4.69, 9.17) is 4.74 Å². The van der Waals surface area contributed by atoms with Crippen molar-refractivity contribution in [2.75, 3.05) is 13.7 Å². The van der Waals surface area contributed by atoms with Crippen LogP contribution in [0.2, 0.25) is 0 Å². The van der Waals surface area contributed by atoms with Crippen molar-refractivity contribution in [2.45, 2.75) is 51.4 Å². The first-order valence-electron chi connectivity index (χ1n) is 9.85. The van der Waals surface area contributed by atoms with E-state index in [0.29, 0.717) is 29.7 Å². The van der Waals surface area contributed by atoms with Gasteiger partial charge in [-0.25, -0.2) is 0 Å². The largest absolute Gasteiger partial charge is 0.503 e. The summed E-state index contributed by atoms with van der Waals surface area (Å²) in [6.07, 6.45) is 4.39. The highest BCUT2D eigenvalue weighted by atomic mass is 79.9. The van der Waals surface area contributed by atoms with Crippen LogP contribution in [0, 0.1) is 0 Å². The molecule has 148 valence electrons. The van der Waals surface area contributed by atoms with E-state index in [1.54, 1.807) is 6.07 Å². The zero-order valence-corrected chi connectivity index (χ0v) is 17.8. The molecular formula is C22H24BrNO4. The summed E-state index contributed by atoms with van der Waals surface area (Å²) in [6.45, 7) is 2.27. The molecule has 0 amide bonds. The van der Waals surface area contributed by atoms with Gasteiger partial charge in [-0.1, -0.05) is 0 Å². The maximum atomic E-state index is 13.0. The number of carbonyl (C=O) groups is 2. The molecule has 0 spiro atoms. The minimum absolute atomic E-state index is 0.0341. The lowest BCUT2D eigenvalue weighted by molar-refractivity contribution is -0.117. The number of phenolic OH excluding ortho intramolecular Hbond substituents is 1. The SMILES string of the molecule is CCOc1cc(C2C3=C(CCCC3=O)N(C)C3=C2C(=O)CCC3)cc(Br)c1O. The molecule has 4 rings (SSSR count). The molecular weight excluding hydrogens is 422 g/mol. The summed E-state index contributed by atoms with van der Waals surface area (Å²) in [5.74, 6) is 0.238. The van der Waals surface area contributed by atoms with Gasteiger partial charge in [-0.3, -0.25) is 9.59 Å². The van der Waals surface area contributed by atoms with Crippen LogP contribution in [0.15, 0.2) is 39.1 Å². The molecule has 28 heavy (non-hydrogen) atoms. The molecule has 1 aromatic carbocycles. The fourth-order valence-corrected chi connectivity index (χ4v) is 5.17. The van der Waals surface area contributed by atoms with E-state index in [0.717, 1.165) is 53.8 Å². The number of ether oxygens (including phenoxy) is 1. The lowest BCUT2D eigenvalue weighted by atomic mass is 9.71. The molecule has 1 aliphatic heterocycles. The van der Waals surface area contributed by atoms with Crippen molar-refractivity contribution >= 4 is 27.5 Å². The lowest BCUT2D eigenvalue weighted by Crippen LogP contribution is -2.37. The van der Waals surface area contributed by atoms with Gasteiger partial charge in [-0.05, 0) is 66.2 Å². The summed E-state index contributed by atoms with van der Waals surface area (Å²) in [6, 6.07) is 3.59. The molecule has 0 atom stereocenters. The summed E-state index contributed by atoms with van der Waals surface area (Å²) >= 11 is 3.41. The van der Waals surface area contributed by atoms with Gasteiger partial charge in [0, 0.05) is 48.3 Å². The van der Waals surface area contributed by atoms with Crippen LogP contribution in [0.5, 0.6) is 11.5 Å². The van der Waals surface area contributed by atoms with Crippen LogP contribution in [0.1, 0.15) is 56.9 Å². The van der Waals surface area contributed by atoms with Crippen LogP contribution in [-0.4, -0.2) is 35.2 Å². The van der Waals surface area contributed by atoms with E-state index >= 15 is 0 Å². The van der Waals surface area contributed by atoms with Gasteiger partial charge >= 0.3 is 0 Å². The smallest absolute Gasteiger partial charge is 0.172 e. The van der Waals surface area contributed by atoms with Gasteiger partial charge in [0.25, 0.3) is 0 Å². The van der Waals surface area contributed by atoms with Gasteiger partial charge in [0.2, 0.25) is 0 Å². The molecule has 0 aromatic heterocycles. The van der Waals surface area contributed by atoms with Crippen molar-refractivity contribution in [3.63, 3.8) is 0 Å². The van der Waals surface area contributed by atoms with E-state index in [1.165, 1.54) is 0 Å². The van der Waals surface area contributed by atoms with Gasteiger partial charge in [-0.15, -0.1) is 0 Å². The number of allylic oxidation sites excluding steroid dienone is 4. The number of halogens is 1. The highest BCUT2D eigenvalue weighted by molar-refractivity contribution is 9.10. The Labute approximate surface area is 173 Å². The Morgan fingerprint density at radius 3 is 2.18 bits per heavy atom. The Morgan fingerprint density at radius 1 is 1.07 bits per heavy atom. The van der Waals surface area contributed by atoms with Crippen LogP contribution in [0.25, 0.3) is 0 Å². The van der Waals surface area contributed by atoms with E-state index in [2.05, 4.69) is 20.8 Å². The average Bonchev–Trinajstić information content (AvgIpc) is 2.67. The Balaban J connectivity index is 1.96. The predicted octanol–water partition coefficient (Wildman–Crippen LogP) is 4.60. The first kappa shape index (κ1) is 19.2. The van der Waals surface area contributed by atoms with Gasteiger partial charge in [0.1, 0.15) is 0 Å². The molecule has 0 fully saturated rings. The fraction of sp³-hybridized carbons (Fsp3) is 0.455. The topological polar surface area (TPSA) is 66.8 Å². The number of hydrogen-bond donors (Lipinski definition) is 1. The predicted molar refractivity (Wildman–Crippen MR) is 109 cm³/mol. The Morgan fingerprint density at radius 2 is 1.64 bits per heavy atom. The van der Waals surface area contributed by atoms with Crippen molar-refractivity contribution in [2.24, 2.45) is 0 Å². The second-order valence-electron chi connectivity index (χ2n) is 7.55. The molecule has 2 aliphatic carbocycles. The number of benzene rings is 1. The number of ketones is 2. The monoisotopic (exact) mass is 445 g/mol. The Kier molecular flexibility index (Phi) is 5.08. The summed E-state index contributed by atoms with van der Waals surface area (Å²) in [4.78, 5) is 28.1. The van der Waals surface area contributed by atoms with Gasteiger partial charge in [-0.2, -0.15) is 0 Å². The number of aromatic hydroxyl groups is 1. The normalized spacial score (nSPS) is 20.5. The van der Waals surface area contributed by atoms with E-state index in [9.17, 15) is 14.7 Å². The number of rotatable bonds is 3. The minimum atomic E-state index is -0.391.